The van der Waals surface area contributed by atoms with Crippen LogP contribution in [0.2, 0.25) is 0 Å². The monoisotopic (exact) mass is 253 g/mol. The number of halogens is 1. The Hall–Kier alpha value is -1.00. The van der Waals surface area contributed by atoms with Crippen molar-refractivity contribution in [2.75, 3.05) is 26.2 Å². The Bertz CT molecular complexity index is 344. The van der Waals surface area contributed by atoms with Gasteiger partial charge in [-0.1, -0.05) is 13.8 Å². The SMILES string of the molecule is CCCN(CC)CCNC(C)c1cncc(F)c1. The molecule has 0 spiro atoms. The number of pyridine rings is 1. The van der Waals surface area contributed by atoms with Gasteiger partial charge in [-0.25, -0.2) is 4.39 Å². The molecule has 0 aliphatic carbocycles. The average Bonchev–Trinajstić information content (AvgIpc) is 2.37. The molecule has 1 atom stereocenters. The van der Waals surface area contributed by atoms with E-state index in [0.29, 0.717) is 0 Å². The van der Waals surface area contributed by atoms with Crippen LogP contribution in [0.3, 0.4) is 0 Å². The molecule has 0 radical (unpaired) electrons. The first-order chi connectivity index (χ1) is 8.67. The summed E-state index contributed by atoms with van der Waals surface area (Å²) in [5, 5.41) is 3.40. The lowest BCUT2D eigenvalue weighted by Gasteiger charge is -2.21. The van der Waals surface area contributed by atoms with Crippen LogP contribution in [0.15, 0.2) is 18.5 Å². The van der Waals surface area contributed by atoms with E-state index in [9.17, 15) is 4.39 Å². The topological polar surface area (TPSA) is 28.2 Å². The number of nitrogens with zero attached hydrogens (tertiary/aromatic N) is 2. The van der Waals surface area contributed by atoms with E-state index in [0.717, 1.165) is 31.7 Å². The van der Waals surface area contributed by atoms with Gasteiger partial charge in [0.2, 0.25) is 0 Å². The molecule has 102 valence electrons. The zero-order chi connectivity index (χ0) is 13.4. The van der Waals surface area contributed by atoms with E-state index in [1.165, 1.54) is 18.7 Å². The Kier molecular flexibility index (Phi) is 6.83. The lowest BCUT2D eigenvalue weighted by Crippen LogP contribution is -2.33. The van der Waals surface area contributed by atoms with Gasteiger partial charge < -0.3 is 10.2 Å². The molecule has 0 saturated carbocycles. The van der Waals surface area contributed by atoms with Gasteiger partial charge in [-0.3, -0.25) is 4.98 Å². The molecule has 1 aromatic rings. The fourth-order valence-corrected chi connectivity index (χ4v) is 1.97. The minimum atomic E-state index is -0.276. The van der Waals surface area contributed by atoms with E-state index in [4.69, 9.17) is 0 Å². The molecule has 0 fully saturated rings. The molecule has 1 heterocycles. The van der Waals surface area contributed by atoms with Gasteiger partial charge in [0.1, 0.15) is 5.82 Å². The van der Waals surface area contributed by atoms with E-state index in [-0.39, 0.29) is 11.9 Å². The van der Waals surface area contributed by atoms with Crippen molar-refractivity contribution in [3.8, 4) is 0 Å². The summed E-state index contributed by atoms with van der Waals surface area (Å²) in [5.41, 5.74) is 0.897. The molecule has 0 aliphatic rings. The van der Waals surface area contributed by atoms with Crippen molar-refractivity contribution < 1.29 is 4.39 Å². The molecule has 4 heteroatoms. The van der Waals surface area contributed by atoms with Crippen LogP contribution in [0.4, 0.5) is 4.39 Å². The first-order valence-electron chi connectivity index (χ1n) is 6.73. The summed E-state index contributed by atoms with van der Waals surface area (Å²) in [7, 11) is 0. The van der Waals surface area contributed by atoms with Crippen molar-refractivity contribution in [3.63, 3.8) is 0 Å². The molecule has 18 heavy (non-hydrogen) atoms. The summed E-state index contributed by atoms with van der Waals surface area (Å²) in [6.07, 6.45) is 4.12. The van der Waals surface area contributed by atoms with Crippen molar-refractivity contribution in [2.45, 2.75) is 33.2 Å². The zero-order valence-electron chi connectivity index (χ0n) is 11.6. The molecule has 1 aromatic heterocycles. The largest absolute Gasteiger partial charge is 0.309 e. The van der Waals surface area contributed by atoms with Crippen LogP contribution in [-0.4, -0.2) is 36.1 Å². The molecule has 1 unspecified atom stereocenters. The molecule has 3 nitrogen and oxygen atoms in total. The highest BCUT2D eigenvalue weighted by Crippen LogP contribution is 2.11. The molecule has 1 N–H and O–H groups in total. The number of likely N-dealkylation sites (N-methyl/N-ethyl adjacent to an activating group) is 1. The van der Waals surface area contributed by atoms with Gasteiger partial charge >= 0.3 is 0 Å². The number of aromatic nitrogens is 1. The second-order valence-corrected chi connectivity index (χ2v) is 4.55. The minimum Gasteiger partial charge on any atom is -0.309 e. The van der Waals surface area contributed by atoms with Crippen LogP contribution in [0.25, 0.3) is 0 Å². The van der Waals surface area contributed by atoms with Gasteiger partial charge in [-0.15, -0.1) is 0 Å². The molecular formula is C14H24FN3. The highest BCUT2D eigenvalue weighted by Gasteiger charge is 2.07. The Morgan fingerprint density at radius 2 is 2.11 bits per heavy atom. The normalized spacial score (nSPS) is 12.9. The third-order valence-corrected chi connectivity index (χ3v) is 3.09. The summed E-state index contributed by atoms with van der Waals surface area (Å²) in [5.74, 6) is -0.276. The second-order valence-electron chi connectivity index (χ2n) is 4.55. The van der Waals surface area contributed by atoms with E-state index >= 15 is 0 Å². The predicted octanol–water partition coefficient (Wildman–Crippen LogP) is 2.60. The lowest BCUT2D eigenvalue weighted by atomic mass is 10.1. The van der Waals surface area contributed by atoms with E-state index in [1.54, 1.807) is 6.20 Å². The summed E-state index contributed by atoms with van der Waals surface area (Å²) < 4.78 is 13.0. The van der Waals surface area contributed by atoms with Crippen LogP contribution in [0, 0.1) is 5.82 Å². The Morgan fingerprint density at radius 1 is 1.33 bits per heavy atom. The van der Waals surface area contributed by atoms with Crippen LogP contribution >= 0.6 is 0 Å². The molecular weight excluding hydrogens is 229 g/mol. The zero-order valence-corrected chi connectivity index (χ0v) is 11.6. The maximum atomic E-state index is 13.0. The van der Waals surface area contributed by atoms with E-state index in [2.05, 4.69) is 29.0 Å². The van der Waals surface area contributed by atoms with Crippen molar-refractivity contribution in [3.05, 3.63) is 29.8 Å². The van der Waals surface area contributed by atoms with Crippen LogP contribution in [-0.2, 0) is 0 Å². The quantitative estimate of drug-likeness (QED) is 0.772. The van der Waals surface area contributed by atoms with Crippen LogP contribution in [0.1, 0.15) is 38.8 Å². The summed E-state index contributed by atoms with van der Waals surface area (Å²) in [6.45, 7) is 10.5. The summed E-state index contributed by atoms with van der Waals surface area (Å²) in [6, 6.07) is 1.67. The highest BCUT2D eigenvalue weighted by molar-refractivity contribution is 5.14. The van der Waals surface area contributed by atoms with Crippen molar-refractivity contribution in [1.82, 2.24) is 15.2 Å². The predicted molar refractivity (Wildman–Crippen MR) is 73.0 cm³/mol. The van der Waals surface area contributed by atoms with Gasteiger partial charge in [-0.05, 0) is 38.1 Å². The van der Waals surface area contributed by atoms with Crippen molar-refractivity contribution in [2.24, 2.45) is 0 Å². The second kappa shape index (κ2) is 8.16. The van der Waals surface area contributed by atoms with Gasteiger partial charge in [-0.2, -0.15) is 0 Å². The van der Waals surface area contributed by atoms with Gasteiger partial charge in [0.05, 0.1) is 6.20 Å². The third kappa shape index (κ3) is 5.10. The maximum absolute atomic E-state index is 13.0. The van der Waals surface area contributed by atoms with Crippen LogP contribution < -0.4 is 5.32 Å². The first kappa shape index (κ1) is 15.1. The van der Waals surface area contributed by atoms with Gasteiger partial charge in [0.25, 0.3) is 0 Å². The average molecular weight is 253 g/mol. The molecule has 1 rings (SSSR count). The number of hydrogen-bond acceptors (Lipinski definition) is 3. The molecule has 0 aliphatic heterocycles. The Labute approximate surface area is 109 Å². The van der Waals surface area contributed by atoms with Crippen molar-refractivity contribution >= 4 is 0 Å². The minimum absolute atomic E-state index is 0.133. The van der Waals surface area contributed by atoms with E-state index in [1.807, 2.05) is 6.92 Å². The number of rotatable bonds is 8. The van der Waals surface area contributed by atoms with Gasteiger partial charge in [0.15, 0.2) is 0 Å². The van der Waals surface area contributed by atoms with Crippen molar-refractivity contribution in [1.29, 1.82) is 0 Å². The first-order valence-corrected chi connectivity index (χ1v) is 6.73. The molecule has 0 aromatic carbocycles. The number of nitrogens with one attached hydrogen (secondary N) is 1. The van der Waals surface area contributed by atoms with Crippen LogP contribution in [0.5, 0.6) is 0 Å². The molecule has 0 saturated heterocycles. The maximum Gasteiger partial charge on any atom is 0.141 e. The standard InChI is InChI=1S/C14H24FN3/c1-4-7-18(5-2)8-6-17-12(3)13-9-14(15)11-16-10-13/h9-12,17H,4-8H2,1-3H3. The Morgan fingerprint density at radius 3 is 2.72 bits per heavy atom. The summed E-state index contributed by atoms with van der Waals surface area (Å²) >= 11 is 0. The van der Waals surface area contributed by atoms with E-state index < -0.39 is 0 Å². The smallest absolute Gasteiger partial charge is 0.141 e. The Balaban J connectivity index is 2.34. The highest BCUT2D eigenvalue weighted by atomic mass is 19.1. The third-order valence-electron chi connectivity index (χ3n) is 3.09. The number of hydrogen-bond donors (Lipinski definition) is 1. The van der Waals surface area contributed by atoms with Gasteiger partial charge in [0, 0.05) is 25.3 Å². The summed E-state index contributed by atoms with van der Waals surface area (Å²) in [4.78, 5) is 6.27. The fourth-order valence-electron chi connectivity index (χ4n) is 1.97. The lowest BCUT2D eigenvalue weighted by molar-refractivity contribution is 0.284. The molecule has 0 bridgehead atoms. The molecule has 0 amide bonds. The fraction of sp³-hybridized carbons (Fsp3) is 0.643.